The van der Waals surface area contributed by atoms with E-state index in [0.717, 1.165) is 17.7 Å². The van der Waals surface area contributed by atoms with Gasteiger partial charge in [0, 0.05) is 6.61 Å². The van der Waals surface area contributed by atoms with Crippen LogP contribution < -0.4 is 5.32 Å². The van der Waals surface area contributed by atoms with Gasteiger partial charge in [-0.3, -0.25) is 0 Å². The van der Waals surface area contributed by atoms with Crippen LogP contribution in [0.4, 0.5) is 13.2 Å². The van der Waals surface area contributed by atoms with Crippen molar-refractivity contribution in [3.05, 3.63) is 35.4 Å². The number of ether oxygens (including phenoxy) is 1. The molecule has 0 saturated heterocycles. The van der Waals surface area contributed by atoms with Crippen LogP contribution in [0, 0.1) is 5.41 Å². The van der Waals surface area contributed by atoms with Crippen molar-refractivity contribution in [2.45, 2.75) is 46.0 Å². The highest BCUT2D eigenvalue weighted by atomic mass is 19.4. The highest BCUT2D eigenvalue weighted by Crippen LogP contribution is 2.34. The lowest BCUT2D eigenvalue weighted by Gasteiger charge is -2.37. The fourth-order valence-electron chi connectivity index (χ4n) is 2.40. The predicted molar refractivity (Wildman–Crippen MR) is 78.1 cm³/mol. The average Bonchev–Trinajstić information content (AvgIpc) is 2.37. The summed E-state index contributed by atoms with van der Waals surface area (Å²) in [5.41, 5.74) is 0.0236. The molecule has 0 saturated carbocycles. The van der Waals surface area contributed by atoms with E-state index < -0.39 is 11.7 Å². The van der Waals surface area contributed by atoms with Gasteiger partial charge in [0.2, 0.25) is 0 Å². The Morgan fingerprint density at radius 3 is 1.95 bits per heavy atom. The van der Waals surface area contributed by atoms with Crippen molar-refractivity contribution >= 4 is 0 Å². The van der Waals surface area contributed by atoms with Gasteiger partial charge in [-0.15, -0.1) is 0 Å². The average molecular weight is 303 g/mol. The monoisotopic (exact) mass is 303 g/mol. The molecule has 5 heteroatoms. The van der Waals surface area contributed by atoms with E-state index in [4.69, 9.17) is 4.74 Å². The van der Waals surface area contributed by atoms with Crippen molar-refractivity contribution in [1.82, 2.24) is 5.32 Å². The van der Waals surface area contributed by atoms with Gasteiger partial charge in [0.1, 0.15) is 0 Å². The summed E-state index contributed by atoms with van der Waals surface area (Å²) < 4.78 is 43.7. The molecule has 0 heterocycles. The molecule has 1 aromatic rings. The van der Waals surface area contributed by atoms with E-state index in [1.807, 2.05) is 6.92 Å². The number of rotatable bonds is 5. The van der Waals surface area contributed by atoms with Crippen LogP contribution in [0.5, 0.6) is 0 Å². The molecule has 0 spiro atoms. The van der Waals surface area contributed by atoms with Crippen molar-refractivity contribution in [3.63, 3.8) is 0 Å². The standard InChI is InChI=1S/C16H24F3NO/c1-6-21-14(15(2,3)4)13(20-5)11-7-9-12(10-8-11)16(17,18)19/h7-10,13-14,20H,6H2,1-5H3. The Hall–Kier alpha value is -1.07. The van der Waals surface area contributed by atoms with Crippen molar-refractivity contribution in [1.29, 1.82) is 0 Å². The van der Waals surface area contributed by atoms with Crippen LogP contribution in [0.25, 0.3) is 0 Å². The summed E-state index contributed by atoms with van der Waals surface area (Å²) in [5.74, 6) is 0. The minimum Gasteiger partial charge on any atom is -0.376 e. The second-order valence-electron chi connectivity index (χ2n) is 6.13. The maximum Gasteiger partial charge on any atom is 0.416 e. The first kappa shape index (κ1) is 18.0. The zero-order valence-electron chi connectivity index (χ0n) is 13.2. The van der Waals surface area contributed by atoms with Crippen molar-refractivity contribution in [3.8, 4) is 0 Å². The van der Waals surface area contributed by atoms with Gasteiger partial charge in [-0.25, -0.2) is 0 Å². The Labute approximate surface area is 124 Å². The largest absolute Gasteiger partial charge is 0.416 e. The van der Waals surface area contributed by atoms with Crippen LogP contribution in [-0.4, -0.2) is 19.8 Å². The molecule has 21 heavy (non-hydrogen) atoms. The summed E-state index contributed by atoms with van der Waals surface area (Å²) in [7, 11) is 1.79. The normalized spacial score (nSPS) is 15.8. The van der Waals surface area contributed by atoms with Gasteiger partial charge >= 0.3 is 6.18 Å². The first-order valence-corrected chi connectivity index (χ1v) is 7.07. The summed E-state index contributed by atoms with van der Waals surface area (Å²) in [6, 6.07) is 5.10. The Morgan fingerprint density at radius 1 is 1.10 bits per heavy atom. The first-order chi connectivity index (χ1) is 9.61. The SMILES string of the molecule is CCOC(C(NC)c1ccc(C(F)(F)F)cc1)C(C)(C)C. The molecule has 1 N–H and O–H groups in total. The molecule has 0 aromatic heterocycles. The third kappa shape index (κ3) is 4.71. The minimum atomic E-state index is -4.31. The molecule has 1 rings (SSSR count). The predicted octanol–water partition coefficient (Wildman–Crippen LogP) is 4.42. The number of nitrogens with one attached hydrogen (secondary N) is 1. The molecule has 120 valence electrons. The number of hydrogen-bond acceptors (Lipinski definition) is 2. The third-order valence-corrected chi connectivity index (χ3v) is 3.41. The van der Waals surface area contributed by atoms with E-state index in [9.17, 15) is 13.2 Å². The fraction of sp³-hybridized carbons (Fsp3) is 0.625. The van der Waals surface area contributed by atoms with Crippen molar-refractivity contribution in [2.75, 3.05) is 13.7 Å². The molecule has 2 nitrogen and oxygen atoms in total. The molecule has 0 bridgehead atoms. The van der Waals surface area contributed by atoms with E-state index in [-0.39, 0.29) is 17.6 Å². The van der Waals surface area contributed by atoms with E-state index >= 15 is 0 Å². The number of halogens is 3. The van der Waals surface area contributed by atoms with E-state index in [0.29, 0.717) is 6.61 Å². The summed E-state index contributed by atoms with van der Waals surface area (Å²) in [4.78, 5) is 0. The van der Waals surface area contributed by atoms with E-state index in [1.165, 1.54) is 12.1 Å². The van der Waals surface area contributed by atoms with Gasteiger partial charge in [0.25, 0.3) is 0 Å². The Balaban J connectivity index is 3.08. The highest BCUT2D eigenvalue weighted by molar-refractivity contribution is 5.27. The Kier molecular flexibility index (Phi) is 5.82. The summed E-state index contributed by atoms with van der Waals surface area (Å²) in [6.07, 6.45) is -4.44. The molecule has 0 amide bonds. The molecule has 0 fully saturated rings. The zero-order valence-corrected chi connectivity index (χ0v) is 13.2. The molecule has 0 aliphatic heterocycles. The lowest BCUT2D eigenvalue weighted by molar-refractivity contribution is -0.137. The fourth-order valence-corrected chi connectivity index (χ4v) is 2.40. The third-order valence-electron chi connectivity index (χ3n) is 3.41. The van der Waals surface area contributed by atoms with Crippen LogP contribution in [0.1, 0.15) is 44.9 Å². The number of hydrogen-bond donors (Lipinski definition) is 1. The topological polar surface area (TPSA) is 21.3 Å². The maximum atomic E-state index is 12.6. The zero-order chi connectivity index (χ0) is 16.3. The second kappa shape index (κ2) is 6.79. The van der Waals surface area contributed by atoms with E-state index in [1.54, 1.807) is 7.05 Å². The summed E-state index contributed by atoms with van der Waals surface area (Å²) in [6.45, 7) is 8.64. The molecule has 1 aromatic carbocycles. The number of likely N-dealkylation sites (N-methyl/N-ethyl adjacent to an activating group) is 1. The summed E-state index contributed by atoms with van der Waals surface area (Å²) in [5, 5.41) is 3.16. The molecule has 0 aliphatic carbocycles. The molecular formula is C16H24F3NO. The van der Waals surface area contributed by atoms with Crippen LogP contribution in [-0.2, 0) is 10.9 Å². The van der Waals surface area contributed by atoms with Crippen LogP contribution in [0.15, 0.2) is 24.3 Å². The van der Waals surface area contributed by atoms with Gasteiger partial charge in [0.05, 0.1) is 17.7 Å². The summed E-state index contributed by atoms with van der Waals surface area (Å²) >= 11 is 0. The van der Waals surface area contributed by atoms with Crippen molar-refractivity contribution < 1.29 is 17.9 Å². The van der Waals surface area contributed by atoms with E-state index in [2.05, 4.69) is 26.1 Å². The van der Waals surface area contributed by atoms with Gasteiger partial charge in [-0.05, 0) is 37.1 Å². The number of benzene rings is 1. The maximum absolute atomic E-state index is 12.6. The van der Waals surface area contributed by atoms with Gasteiger partial charge in [0.15, 0.2) is 0 Å². The van der Waals surface area contributed by atoms with Gasteiger partial charge < -0.3 is 10.1 Å². The quantitative estimate of drug-likeness (QED) is 0.869. The first-order valence-electron chi connectivity index (χ1n) is 7.07. The Bertz CT molecular complexity index is 434. The highest BCUT2D eigenvalue weighted by Gasteiger charge is 2.34. The van der Waals surface area contributed by atoms with Gasteiger partial charge in [-0.2, -0.15) is 13.2 Å². The smallest absolute Gasteiger partial charge is 0.376 e. The van der Waals surface area contributed by atoms with Crippen LogP contribution in [0.3, 0.4) is 0 Å². The van der Waals surface area contributed by atoms with Gasteiger partial charge in [-0.1, -0.05) is 32.9 Å². The minimum absolute atomic E-state index is 0.133. The van der Waals surface area contributed by atoms with Crippen LogP contribution >= 0.6 is 0 Å². The van der Waals surface area contributed by atoms with Crippen LogP contribution in [0.2, 0.25) is 0 Å². The lowest BCUT2D eigenvalue weighted by atomic mass is 9.82. The lowest BCUT2D eigenvalue weighted by Crippen LogP contribution is -2.41. The molecule has 0 aliphatic rings. The molecule has 2 unspecified atom stereocenters. The Morgan fingerprint density at radius 2 is 1.62 bits per heavy atom. The number of alkyl halides is 3. The molecular weight excluding hydrogens is 279 g/mol. The molecule has 0 radical (unpaired) electrons. The molecule has 2 atom stereocenters. The second-order valence-corrected chi connectivity index (χ2v) is 6.13. The van der Waals surface area contributed by atoms with Crippen molar-refractivity contribution in [2.24, 2.45) is 5.41 Å².